The highest BCUT2D eigenvalue weighted by atomic mass is 16.5. The second kappa shape index (κ2) is 5.09. The van der Waals surface area contributed by atoms with Crippen molar-refractivity contribution in [3.63, 3.8) is 0 Å². The van der Waals surface area contributed by atoms with Gasteiger partial charge in [0.15, 0.2) is 0 Å². The van der Waals surface area contributed by atoms with E-state index in [9.17, 15) is 4.79 Å². The average Bonchev–Trinajstić information content (AvgIpc) is 2.77. The lowest BCUT2D eigenvalue weighted by atomic mass is 10.2. The van der Waals surface area contributed by atoms with Gasteiger partial charge in [0, 0.05) is 12.1 Å². The van der Waals surface area contributed by atoms with Crippen LogP contribution in [0.2, 0.25) is 0 Å². The summed E-state index contributed by atoms with van der Waals surface area (Å²) in [7, 11) is 0. The number of amides is 1. The van der Waals surface area contributed by atoms with Gasteiger partial charge in [-0.05, 0) is 6.42 Å². The Morgan fingerprint density at radius 1 is 1.75 bits per heavy atom. The molecule has 1 aliphatic rings. The summed E-state index contributed by atoms with van der Waals surface area (Å²) in [6.45, 7) is 3.81. The predicted octanol–water partition coefficient (Wildman–Crippen LogP) is -0.101. The minimum atomic E-state index is -0.276. The van der Waals surface area contributed by atoms with Gasteiger partial charge in [-0.2, -0.15) is 5.10 Å². The highest BCUT2D eigenvalue weighted by molar-refractivity contribution is 5.94. The number of nitrogens with zero attached hydrogens (tertiary/aromatic N) is 1. The highest BCUT2D eigenvalue weighted by Crippen LogP contribution is 2.11. The molecule has 1 fully saturated rings. The zero-order chi connectivity index (χ0) is 11.4. The second-order valence-electron chi connectivity index (χ2n) is 3.69. The summed E-state index contributed by atoms with van der Waals surface area (Å²) in [4.78, 5) is 11.8. The first-order valence-corrected chi connectivity index (χ1v) is 5.45. The predicted molar refractivity (Wildman–Crippen MR) is 59.2 cm³/mol. The molecule has 1 amide bonds. The van der Waals surface area contributed by atoms with E-state index in [2.05, 4.69) is 20.8 Å². The number of aromatic amines is 1. The molecule has 0 aliphatic carbocycles. The molecule has 0 bridgehead atoms. The lowest BCUT2D eigenvalue weighted by molar-refractivity contribution is -0.120. The van der Waals surface area contributed by atoms with Crippen molar-refractivity contribution in [2.75, 3.05) is 25.1 Å². The Balaban J connectivity index is 1.95. The fourth-order valence-corrected chi connectivity index (χ4v) is 1.63. The number of carbonyl (C=O) groups is 1. The summed E-state index contributed by atoms with van der Waals surface area (Å²) in [5.74, 6) is 0.596. The smallest absolute Gasteiger partial charge is 0.245 e. The van der Waals surface area contributed by atoms with Crippen LogP contribution in [-0.4, -0.2) is 41.9 Å². The Bertz CT molecular complexity index is 357. The van der Waals surface area contributed by atoms with Gasteiger partial charge >= 0.3 is 0 Å². The van der Waals surface area contributed by atoms with Crippen molar-refractivity contribution in [3.05, 3.63) is 11.8 Å². The zero-order valence-electron chi connectivity index (χ0n) is 9.25. The largest absolute Gasteiger partial charge is 0.378 e. The van der Waals surface area contributed by atoms with Crippen LogP contribution in [0.5, 0.6) is 0 Å². The minimum absolute atomic E-state index is 0.0846. The van der Waals surface area contributed by atoms with Crippen molar-refractivity contribution < 1.29 is 9.53 Å². The van der Waals surface area contributed by atoms with Gasteiger partial charge in [-0.1, -0.05) is 6.92 Å². The first-order valence-electron chi connectivity index (χ1n) is 5.45. The van der Waals surface area contributed by atoms with Gasteiger partial charge in [0.05, 0.1) is 19.4 Å². The summed E-state index contributed by atoms with van der Waals surface area (Å²) >= 11 is 0. The van der Waals surface area contributed by atoms with E-state index in [-0.39, 0.29) is 11.9 Å². The van der Waals surface area contributed by atoms with E-state index in [1.807, 2.05) is 6.92 Å². The summed E-state index contributed by atoms with van der Waals surface area (Å²) in [6.07, 6.45) is 2.56. The summed E-state index contributed by atoms with van der Waals surface area (Å²) in [6, 6.07) is -0.276. The molecule has 1 atom stereocenters. The number of aromatic nitrogens is 2. The van der Waals surface area contributed by atoms with Crippen molar-refractivity contribution in [2.45, 2.75) is 19.4 Å². The van der Waals surface area contributed by atoms with Gasteiger partial charge in [-0.15, -0.1) is 0 Å². The second-order valence-corrected chi connectivity index (χ2v) is 3.69. The maximum atomic E-state index is 11.8. The molecule has 88 valence electrons. The van der Waals surface area contributed by atoms with E-state index in [1.54, 1.807) is 6.20 Å². The van der Waals surface area contributed by atoms with Crippen LogP contribution in [0, 0.1) is 0 Å². The molecule has 0 spiro atoms. The molecule has 16 heavy (non-hydrogen) atoms. The van der Waals surface area contributed by atoms with Crippen molar-refractivity contribution >= 4 is 11.7 Å². The third kappa shape index (κ3) is 2.40. The van der Waals surface area contributed by atoms with E-state index in [0.717, 1.165) is 12.0 Å². The number of nitrogens with one attached hydrogen (secondary N) is 3. The normalized spacial score (nSPS) is 20.7. The number of rotatable bonds is 3. The van der Waals surface area contributed by atoms with Crippen LogP contribution in [0.3, 0.4) is 0 Å². The van der Waals surface area contributed by atoms with Gasteiger partial charge in [0.2, 0.25) is 5.91 Å². The lowest BCUT2D eigenvalue weighted by Gasteiger charge is -2.22. The van der Waals surface area contributed by atoms with E-state index >= 15 is 0 Å². The minimum Gasteiger partial charge on any atom is -0.378 e. The first-order chi connectivity index (χ1) is 7.81. The number of ether oxygens (including phenoxy) is 1. The molecule has 0 radical (unpaired) electrons. The zero-order valence-corrected chi connectivity index (χ0v) is 9.25. The molecule has 1 unspecified atom stereocenters. The van der Waals surface area contributed by atoms with Gasteiger partial charge < -0.3 is 15.4 Å². The summed E-state index contributed by atoms with van der Waals surface area (Å²) in [5.41, 5.74) is 1.00. The third-order valence-corrected chi connectivity index (χ3v) is 2.59. The molecule has 1 aliphatic heterocycles. The number of anilines is 1. The fourth-order valence-electron chi connectivity index (χ4n) is 1.63. The maximum absolute atomic E-state index is 11.8. The van der Waals surface area contributed by atoms with E-state index < -0.39 is 0 Å². The average molecular weight is 224 g/mol. The van der Waals surface area contributed by atoms with Crippen molar-refractivity contribution in [1.29, 1.82) is 0 Å². The highest BCUT2D eigenvalue weighted by Gasteiger charge is 2.22. The number of hydrogen-bond donors (Lipinski definition) is 3. The lowest BCUT2D eigenvalue weighted by Crippen LogP contribution is -2.49. The Morgan fingerprint density at radius 2 is 2.62 bits per heavy atom. The molecular weight excluding hydrogens is 208 g/mol. The van der Waals surface area contributed by atoms with Gasteiger partial charge in [0.25, 0.3) is 0 Å². The molecule has 0 saturated carbocycles. The topological polar surface area (TPSA) is 79.0 Å². The molecule has 6 heteroatoms. The van der Waals surface area contributed by atoms with Gasteiger partial charge in [-0.3, -0.25) is 9.89 Å². The van der Waals surface area contributed by atoms with Crippen LogP contribution in [0.25, 0.3) is 0 Å². The molecular formula is C10H16N4O2. The van der Waals surface area contributed by atoms with Crippen LogP contribution in [0.4, 0.5) is 5.82 Å². The van der Waals surface area contributed by atoms with Crippen LogP contribution in [0.15, 0.2) is 6.20 Å². The molecule has 2 rings (SSSR count). The van der Waals surface area contributed by atoms with E-state index in [4.69, 9.17) is 4.74 Å². The van der Waals surface area contributed by atoms with E-state index in [1.165, 1.54) is 0 Å². The maximum Gasteiger partial charge on any atom is 0.245 e. The van der Waals surface area contributed by atoms with Crippen molar-refractivity contribution in [1.82, 2.24) is 15.5 Å². The molecule has 2 heterocycles. The van der Waals surface area contributed by atoms with Gasteiger partial charge in [-0.25, -0.2) is 0 Å². The molecule has 1 aromatic heterocycles. The fraction of sp³-hybridized carbons (Fsp3) is 0.600. The van der Waals surface area contributed by atoms with Crippen LogP contribution in [0.1, 0.15) is 12.5 Å². The number of carbonyl (C=O) groups excluding carboxylic acids is 1. The van der Waals surface area contributed by atoms with Crippen LogP contribution in [-0.2, 0) is 16.0 Å². The number of morpholine rings is 1. The van der Waals surface area contributed by atoms with Crippen LogP contribution < -0.4 is 10.6 Å². The number of H-pyrrole nitrogens is 1. The van der Waals surface area contributed by atoms with Crippen LogP contribution >= 0.6 is 0 Å². The quantitative estimate of drug-likeness (QED) is 0.670. The Morgan fingerprint density at radius 3 is 3.31 bits per heavy atom. The monoisotopic (exact) mass is 224 g/mol. The standard InChI is InChI=1S/C10H16N4O2/c1-2-7-5-12-14-9(7)13-10(15)8-6-16-4-3-11-8/h5,8,11H,2-4,6H2,1H3,(H2,12,13,14,15). The molecule has 1 aromatic rings. The third-order valence-electron chi connectivity index (χ3n) is 2.59. The number of aryl methyl sites for hydroxylation is 1. The Hall–Kier alpha value is -1.40. The molecule has 1 saturated heterocycles. The Kier molecular flexibility index (Phi) is 3.53. The SMILES string of the molecule is CCc1cn[nH]c1NC(=O)C1COCCN1. The van der Waals surface area contributed by atoms with Crippen molar-refractivity contribution in [3.8, 4) is 0 Å². The van der Waals surface area contributed by atoms with Crippen molar-refractivity contribution in [2.24, 2.45) is 0 Å². The summed E-state index contributed by atoms with van der Waals surface area (Å²) < 4.78 is 5.23. The first kappa shape index (κ1) is 11.1. The molecule has 3 N–H and O–H groups in total. The van der Waals surface area contributed by atoms with Gasteiger partial charge in [0.1, 0.15) is 11.9 Å². The summed E-state index contributed by atoms with van der Waals surface area (Å²) in [5, 5.41) is 12.6. The number of hydrogen-bond acceptors (Lipinski definition) is 4. The van der Waals surface area contributed by atoms with E-state index in [0.29, 0.717) is 25.6 Å². The Labute approximate surface area is 93.8 Å². The molecule has 6 nitrogen and oxygen atoms in total. The molecule has 0 aromatic carbocycles.